The molecule has 0 unspecified atom stereocenters. The second-order valence-corrected chi connectivity index (χ2v) is 9.03. The monoisotopic (exact) mass is 435 g/mol. The van der Waals surface area contributed by atoms with Gasteiger partial charge in [0.05, 0.1) is 13.2 Å². The smallest absolute Gasteiger partial charge is 0.325 e. The molecule has 0 bridgehead atoms. The Balaban J connectivity index is 1.49. The molecule has 2 N–H and O–H groups in total. The minimum atomic E-state index is -1.21. The maximum Gasteiger partial charge on any atom is 0.325 e. The summed E-state index contributed by atoms with van der Waals surface area (Å²) in [6.07, 6.45) is 0.293. The number of rotatable bonds is 4. The van der Waals surface area contributed by atoms with Gasteiger partial charge in [0.2, 0.25) is 5.91 Å². The van der Waals surface area contributed by atoms with Gasteiger partial charge < -0.3 is 15.4 Å². The van der Waals surface area contributed by atoms with Crippen molar-refractivity contribution in [1.82, 2.24) is 10.2 Å². The zero-order chi connectivity index (χ0) is 23.1. The number of carbonyl (C=O) groups is 4. The molecule has 2 heterocycles. The number of ether oxygens (including phenoxy) is 1. The maximum atomic E-state index is 13.3. The summed E-state index contributed by atoms with van der Waals surface area (Å²) >= 11 is 0. The standard InChI is InChI=1S/C24H25N3O5/c1-23(2,3)20(29)25-16-10-8-15(9-11-16)18(28)14-27-21(30)24(26-22(27)31)12-13-32-19-7-5-4-6-17(19)24/h4-11H,12-14H2,1-3H3,(H,25,29)(H,26,31)/t24-/m1/s1. The van der Waals surface area contributed by atoms with Crippen molar-refractivity contribution in [2.24, 2.45) is 5.41 Å². The Morgan fingerprint density at radius 3 is 2.47 bits per heavy atom. The number of hydrogen-bond acceptors (Lipinski definition) is 5. The average molecular weight is 435 g/mol. The third-order valence-electron chi connectivity index (χ3n) is 5.70. The third kappa shape index (κ3) is 3.72. The van der Waals surface area contributed by atoms with Gasteiger partial charge in [-0.25, -0.2) is 4.79 Å². The zero-order valence-corrected chi connectivity index (χ0v) is 18.2. The van der Waals surface area contributed by atoms with Crippen LogP contribution in [0.4, 0.5) is 10.5 Å². The molecule has 2 aromatic carbocycles. The molecular formula is C24H25N3O5. The van der Waals surface area contributed by atoms with Crippen LogP contribution in [0.5, 0.6) is 5.75 Å². The van der Waals surface area contributed by atoms with Crippen LogP contribution in [0.15, 0.2) is 48.5 Å². The van der Waals surface area contributed by atoms with Crippen LogP contribution in [0.25, 0.3) is 0 Å². The molecule has 2 aliphatic rings. The Kier molecular flexibility index (Phi) is 5.24. The molecule has 32 heavy (non-hydrogen) atoms. The van der Waals surface area contributed by atoms with Crippen LogP contribution in [-0.4, -0.2) is 41.7 Å². The summed E-state index contributed by atoms with van der Waals surface area (Å²) in [5.74, 6) is -0.424. The fourth-order valence-corrected chi connectivity index (χ4v) is 3.81. The van der Waals surface area contributed by atoms with E-state index in [0.717, 1.165) is 4.90 Å². The predicted molar refractivity (Wildman–Crippen MR) is 117 cm³/mol. The quantitative estimate of drug-likeness (QED) is 0.567. The van der Waals surface area contributed by atoms with Gasteiger partial charge in [-0.05, 0) is 30.3 Å². The summed E-state index contributed by atoms with van der Waals surface area (Å²) in [5.41, 5.74) is -0.260. The number of carbonyl (C=O) groups excluding carboxylic acids is 4. The van der Waals surface area contributed by atoms with Crippen molar-refractivity contribution in [3.05, 3.63) is 59.7 Å². The van der Waals surface area contributed by atoms with Gasteiger partial charge in [0.25, 0.3) is 5.91 Å². The van der Waals surface area contributed by atoms with Gasteiger partial charge in [-0.3, -0.25) is 19.3 Å². The molecule has 4 rings (SSSR count). The number of ketones is 1. The summed E-state index contributed by atoms with van der Waals surface area (Å²) in [6, 6.07) is 12.9. The van der Waals surface area contributed by atoms with Gasteiger partial charge in [-0.1, -0.05) is 39.0 Å². The molecule has 1 spiro atoms. The highest BCUT2D eigenvalue weighted by Gasteiger charge is 2.55. The molecule has 1 atom stereocenters. The fraction of sp³-hybridized carbons (Fsp3) is 0.333. The van der Waals surface area contributed by atoms with E-state index >= 15 is 0 Å². The average Bonchev–Trinajstić information content (AvgIpc) is 2.98. The molecule has 8 heteroatoms. The van der Waals surface area contributed by atoms with E-state index in [0.29, 0.717) is 29.0 Å². The molecule has 0 saturated carbocycles. The molecule has 4 amide bonds. The Morgan fingerprint density at radius 2 is 1.78 bits per heavy atom. The summed E-state index contributed by atoms with van der Waals surface area (Å²) < 4.78 is 5.62. The lowest BCUT2D eigenvalue weighted by atomic mass is 9.84. The van der Waals surface area contributed by atoms with Crippen molar-refractivity contribution in [3.63, 3.8) is 0 Å². The lowest BCUT2D eigenvalue weighted by Gasteiger charge is -2.33. The third-order valence-corrected chi connectivity index (χ3v) is 5.70. The van der Waals surface area contributed by atoms with Crippen molar-refractivity contribution in [2.45, 2.75) is 32.7 Å². The van der Waals surface area contributed by atoms with Gasteiger partial charge in [0.1, 0.15) is 5.75 Å². The van der Waals surface area contributed by atoms with Crippen LogP contribution in [0.3, 0.4) is 0 Å². The van der Waals surface area contributed by atoms with Gasteiger partial charge >= 0.3 is 6.03 Å². The highest BCUT2D eigenvalue weighted by Crippen LogP contribution is 2.41. The molecular weight excluding hydrogens is 410 g/mol. The number of nitrogens with zero attached hydrogens (tertiary/aromatic N) is 1. The summed E-state index contributed by atoms with van der Waals surface area (Å²) in [7, 11) is 0. The highest BCUT2D eigenvalue weighted by molar-refractivity contribution is 6.11. The number of para-hydroxylation sites is 1. The van der Waals surface area contributed by atoms with Crippen LogP contribution in [0.1, 0.15) is 43.1 Å². The number of imide groups is 1. The molecule has 2 aromatic rings. The van der Waals surface area contributed by atoms with Gasteiger partial charge in [-0.15, -0.1) is 0 Å². The van der Waals surface area contributed by atoms with Crippen molar-refractivity contribution in [1.29, 1.82) is 0 Å². The van der Waals surface area contributed by atoms with E-state index in [1.54, 1.807) is 48.5 Å². The minimum absolute atomic E-state index is 0.141. The predicted octanol–water partition coefficient (Wildman–Crippen LogP) is 3.08. The number of amides is 4. The van der Waals surface area contributed by atoms with E-state index in [1.807, 2.05) is 20.8 Å². The number of Topliss-reactive ketones (excluding diaryl/α,β-unsaturated/α-hetero) is 1. The molecule has 0 aliphatic carbocycles. The molecule has 8 nitrogen and oxygen atoms in total. The van der Waals surface area contributed by atoms with Crippen LogP contribution >= 0.6 is 0 Å². The number of urea groups is 1. The minimum Gasteiger partial charge on any atom is -0.493 e. The van der Waals surface area contributed by atoms with Crippen molar-refractivity contribution >= 4 is 29.3 Å². The van der Waals surface area contributed by atoms with Crippen molar-refractivity contribution in [2.75, 3.05) is 18.5 Å². The molecule has 1 fully saturated rings. The van der Waals surface area contributed by atoms with Gasteiger partial charge in [-0.2, -0.15) is 0 Å². The fourth-order valence-electron chi connectivity index (χ4n) is 3.81. The molecule has 0 aromatic heterocycles. The van der Waals surface area contributed by atoms with E-state index in [2.05, 4.69) is 10.6 Å². The van der Waals surface area contributed by atoms with Crippen LogP contribution < -0.4 is 15.4 Å². The van der Waals surface area contributed by atoms with Crippen molar-refractivity contribution in [3.8, 4) is 5.75 Å². The Bertz CT molecular complexity index is 1100. The number of anilines is 1. The Labute approximate surface area is 185 Å². The number of benzene rings is 2. The first kappa shape index (κ1) is 21.5. The van der Waals surface area contributed by atoms with Gasteiger partial charge in [0, 0.05) is 28.7 Å². The van der Waals surface area contributed by atoms with Crippen LogP contribution in [-0.2, 0) is 15.1 Å². The highest BCUT2D eigenvalue weighted by atomic mass is 16.5. The number of fused-ring (bicyclic) bond motifs is 2. The Hall–Kier alpha value is -3.68. The van der Waals surface area contributed by atoms with E-state index in [1.165, 1.54) is 0 Å². The van der Waals surface area contributed by atoms with E-state index in [4.69, 9.17) is 4.74 Å². The summed E-state index contributed by atoms with van der Waals surface area (Å²) in [4.78, 5) is 51.8. The first-order valence-corrected chi connectivity index (χ1v) is 10.4. The van der Waals surface area contributed by atoms with Crippen molar-refractivity contribution < 1.29 is 23.9 Å². The van der Waals surface area contributed by atoms with E-state index < -0.39 is 22.9 Å². The lowest BCUT2D eigenvalue weighted by molar-refractivity contribution is -0.132. The molecule has 2 aliphatic heterocycles. The van der Waals surface area contributed by atoms with Crippen LogP contribution in [0, 0.1) is 5.41 Å². The topological polar surface area (TPSA) is 105 Å². The number of nitrogens with one attached hydrogen (secondary N) is 2. The summed E-state index contributed by atoms with van der Waals surface area (Å²) in [5, 5.41) is 5.58. The SMILES string of the molecule is CC(C)(C)C(=O)Nc1ccc(C(=O)CN2C(=O)N[C@@]3(CCOc4ccccc43)C2=O)cc1. The number of hydrogen-bond donors (Lipinski definition) is 2. The molecule has 1 saturated heterocycles. The largest absolute Gasteiger partial charge is 0.493 e. The van der Waals surface area contributed by atoms with E-state index in [-0.39, 0.29) is 24.8 Å². The second-order valence-electron chi connectivity index (χ2n) is 9.03. The zero-order valence-electron chi connectivity index (χ0n) is 18.2. The first-order chi connectivity index (χ1) is 15.1. The summed E-state index contributed by atoms with van der Waals surface area (Å²) in [6.45, 7) is 5.33. The first-order valence-electron chi connectivity index (χ1n) is 10.4. The van der Waals surface area contributed by atoms with E-state index in [9.17, 15) is 19.2 Å². The lowest BCUT2D eigenvalue weighted by Crippen LogP contribution is -2.47. The van der Waals surface area contributed by atoms with Crippen LogP contribution in [0.2, 0.25) is 0 Å². The molecule has 166 valence electrons. The van der Waals surface area contributed by atoms with Gasteiger partial charge in [0.15, 0.2) is 11.3 Å². The normalized spacial score (nSPS) is 19.9. The Morgan fingerprint density at radius 1 is 1.09 bits per heavy atom. The maximum absolute atomic E-state index is 13.3. The second kappa shape index (κ2) is 7.78. The molecule has 0 radical (unpaired) electrons.